The maximum absolute atomic E-state index is 9.53. The van der Waals surface area contributed by atoms with Crippen LogP contribution in [0.25, 0.3) is 0 Å². The molecule has 3 heteroatoms. The summed E-state index contributed by atoms with van der Waals surface area (Å²) in [6.07, 6.45) is 0.989. The highest BCUT2D eigenvalue weighted by Gasteiger charge is 2.39. The first-order chi connectivity index (χ1) is 10.1. The largest absolute Gasteiger partial charge is 0.508 e. The number of phenolic OH excluding ortho intramolecular Hbond substituents is 2. The molecule has 2 aromatic carbocycles. The summed E-state index contributed by atoms with van der Waals surface area (Å²) >= 11 is 0. The fourth-order valence-electron chi connectivity index (χ4n) is 3.28. The number of hydrogen-bond acceptors (Lipinski definition) is 3. The van der Waals surface area contributed by atoms with Crippen LogP contribution in [0.3, 0.4) is 0 Å². The highest BCUT2D eigenvalue weighted by Crippen LogP contribution is 2.42. The van der Waals surface area contributed by atoms with Gasteiger partial charge in [-0.15, -0.1) is 0 Å². The van der Waals surface area contributed by atoms with Gasteiger partial charge in [-0.2, -0.15) is 0 Å². The number of aromatic hydroxyl groups is 2. The van der Waals surface area contributed by atoms with Crippen LogP contribution in [0.1, 0.15) is 24.5 Å². The van der Waals surface area contributed by atoms with Gasteiger partial charge >= 0.3 is 0 Å². The molecule has 0 radical (unpaired) electrons. The monoisotopic (exact) mass is 284 g/mol. The molecular formula is C18H20O3. The molecule has 0 spiro atoms. The van der Waals surface area contributed by atoms with Gasteiger partial charge in [-0.1, -0.05) is 31.2 Å². The van der Waals surface area contributed by atoms with E-state index in [1.165, 1.54) is 0 Å². The van der Waals surface area contributed by atoms with Gasteiger partial charge in [0.1, 0.15) is 11.5 Å². The first-order valence-corrected chi connectivity index (χ1v) is 7.27. The third-order valence-corrected chi connectivity index (χ3v) is 4.29. The quantitative estimate of drug-likeness (QED) is 0.888. The smallest absolute Gasteiger partial charge is 0.115 e. The van der Waals surface area contributed by atoms with Crippen molar-refractivity contribution in [2.24, 2.45) is 5.92 Å². The lowest BCUT2D eigenvalue weighted by molar-refractivity contribution is 0.0170. The Kier molecular flexibility index (Phi) is 3.60. The van der Waals surface area contributed by atoms with Crippen molar-refractivity contribution in [3.8, 4) is 11.5 Å². The van der Waals surface area contributed by atoms with Crippen molar-refractivity contribution in [2.75, 3.05) is 13.2 Å². The van der Waals surface area contributed by atoms with E-state index in [-0.39, 0.29) is 16.9 Å². The second-order valence-electron chi connectivity index (χ2n) is 6.00. The summed E-state index contributed by atoms with van der Waals surface area (Å²) < 4.78 is 5.84. The molecule has 21 heavy (non-hydrogen) atoms. The normalized spacial score (nSPS) is 21.1. The van der Waals surface area contributed by atoms with Crippen LogP contribution >= 0.6 is 0 Å². The fourth-order valence-corrected chi connectivity index (χ4v) is 3.28. The van der Waals surface area contributed by atoms with Crippen LogP contribution in [-0.2, 0) is 10.2 Å². The first-order valence-electron chi connectivity index (χ1n) is 7.27. The van der Waals surface area contributed by atoms with Crippen molar-refractivity contribution in [1.29, 1.82) is 0 Å². The Balaban J connectivity index is 2.10. The highest BCUT2D eigenvalue weighted by atomic mass is 16.5. The Hall–Kier alpha value is -2.00. The zero-order valence-electron chi connectivity index (χ0n) is 12.1. The standard InChI is InChI=1S/C18H20O3/c1-13-10-18(12-21-11-13,14-2-6-16(19)7-3-14)15-4-8-17(20)9-5-15/h2-9,13,19-20H,10-12H2,1H3. The zero-order chi connectivity index (χ0) is 14.9. The summed E-state index contributed by atoms with van der Waals surface area (Å²) in [5, 5.41) is 19.1. The van der Waals surface area contributed by atoms with Gasteiger partial charge in [0.05, 0.1) is 6.61 Å². The summed E-state index contributed by atoms with van der Waals surface area (Å²) in [5.41, 5.74) is 2.05. The number of benzene rings is 2. The van der Waals surface area contributed by atoms with Gasteiger partial charge in [0.2, 0.25) is 0 Å². The van der Waals surface area contributed by atoms with Crippen molar-refractivity contribution in [1.82, 2.24) is 0 Å². The molecule has 0 saturated carbocycles. The minimum absolute atomic E-state index is 0.223. The topological polar surface area (TPSA) is 49.7 Å². The minimum atomic E-state index is -0.223. The number of phenols is 2. The van der Waals surface area contributed by atoms with E-state index in [2.05, 4.69) is 6.92 Å². The molecular weight excluding hydrogens is 264 g/mol. The molecule has 3 rings (SSSR count). The third-order valence-electron chi connectivity index (χ3n) is 4.29. The van der Waals surface area contributed by atoms with Gasteiger partial charge in [-0.3, -0.25) is 0 Å². The van der Waals surface area contributed by atoms with E-state index in [0.717, 1.165) is 24.2 Å². The van der Waals surface area contributed by atoms with Gasteiger partial charge in [0, 0.05) is 12.0 Å². The molecule has 1 atom stereocenters. The molecule has 1 aliphatic heterocycles. The summed E-state index contributed by atoms with van der Waals surface area (Å²) in [4.78, 5) is 0. The highest BCUT2D eigenvalue weighted by molar-refractivity contribution is 5.43. The Labute approximate surface area is 124 Å². The van der Waals surface area contributed by atoms with E-state index in [4.69, 9.17) is 4.74 Å². The summed E-state index contributed by atoms with van der Waals surface area (Å²) in [6.45, 7) is 3.58. The van der Waals surface area contributed by atoms with Gasteiger partial charge in [-0.05, 0) is 47.7 Å². The average molecular weight is 284 g/mol. The molecule has 0 bridgehead atoms. The lowest BCUT2D eigenvalue weighted by atomic mass is 9.69. The second-order valence-corrected chi connectivity index (χ2v) is 6.00. The van der Waals surface area contributed by atoms with Gasteiger partial charge in [0.15, 0.2) is 0 Å². The zero-order valence-corrected chi connectivity index (χ0v) is 12.1. The third kappa shape index (κ3) is 2.61. The summed E-state index contributed by atoms with van der Waals surface area (Å²) in [5.74, 6) is 0.995. The van der Waals surface area contributed by atoms with Crippen LogP contribution in [-0.4, -0.2) is 23.4 Å². The van der Waals surface area contributed by atoms with E-state index >= 15 is 0 Å². The SMILES string of the molecule is CC1COCC(c2ccc(O)cc2)(c2ccc(O)cc2)C1. The van der Waals surface area contributed by atoms with Crippen LogP contribution < -0.4 is 0 Å². The molecule has 0 aliphatic carbocycles. The average Bonchev–Trinajstić information content (AvgIpc) is 2.48. The predicted molar refractivity (Wildman–Crippen MR) is 81.6 cm³/mol. The maximum atomic E-state index is 9.53. The lowest BCUT2D eigenvalue weighted by Crippen LogP contribution is -2.40. The van der Waals surface area contributed by atoms with E-state index in [1.807, 2.05) is 24.3 Å². The van der Waals surface area contributed by atoms with Gasteiger partial charge in [0.25, 0.3) is 0 Å². The number of ether oxygens (including phenoxy) is 1. The fraction of sp³-hybridized carbons (Fsp3) is 0.333. The Morgan fingerprint density at radius 2 is 1.38 bits per heavy atom. The van der Waals surface area contributed by atoms with E-state index in [0.29, 0.717) is 12.5 Å². The molecule has 1 saturated heterocycles. The molecule has 2 N–H and O–H groups in total. The molecule has 0 aromatic heterocycles. The Bertz CT molecular complexity index is 556. The predicted octanol–water partition coefficient (Wildman–Crippen LogP) is 3.44. The van der Waals surface area contributed by atoms with Crippen LogP contribution in [0.15, 0.2) is 48.5 Å². The van der Waals surface area contributed by atoms with Crippen molar-refractivity contribution in [3.05, 3.63) is 59.7 Å². The number of hydrogen-bond donors (Lipinski definition) is 2. The molecule has 3 nitrogen and oxygen atoms in total. The number of rotatable bonds is 2. The lowest BCUT2D eigenvalue weighted by Gasteiger charge is -2.41. The van der Waals surface area contributed by atoms with Crippen LogP contribution in [0.5, 0.6) is 11.5 Å². The van der Waals surface area contributed by atoms with Gasteiger partial charge < -0.3 is 14.9 Å². The molecule has 1 fully saturated rings. The van der Waals surface area contributed by atoms with Crippen LogP contribution in [0.4, 0.5) is 0 Å². The minimum Gasteiger partial charge on any atom is -0.508 e. The molecule has 1 unspecified atom stereocenters. The molecule has 110 valence electrons. The molecule has 1 aliphatic rings. The summed E-state index contributed by atoms with van der Waals surface area (Å²) in [7, 11) is 0. The van der Waals surface area contributed by atoms with Crippen molar-refractivity contribution in [2.45, 2.75) is 18.8 Å². The Morgan fingerprint density at radius 3 is 1.81 bits per heavy atom. The van der Waals surface area contributed by atoms with Crippen molar-refractivity contribution in [3.63, 3.8) is 0 Å². The molecule has 1 heterocycles. The van der Waals surface area contributed by atoms with Crippen molar-refractivity contribution >= 4 is 0 Å². The second kappa shape index (κ2) is 5.41. The molecule has 2 aromatic rings. The van der Waals surface area contributed by atoms with E-state index in [9.17, 15) is 10.2 Å². The van der Waals surface area contributed by atoms with Crippen LogP contribution in [0, 0.1) is 5.92 Å². The van der Waals surface area contributed by atoms with E-state index in [1.54, 1.807) is 24.3 Å². The Morgan fingerprint density at radius 1 is 0.905 bits per heavy atom. The maximum Gasteiger partial charge on any atom is 0.115 e. The van der Waals surface area contributed by atoms with E-state index < -0.39 is 0 Å². The van der Waals surface area contributed by atoms with Gasteiger partial charge in [-0.25, -0.2) is 0 Å². The first kappa shape index (κ1) is 14.0. The van der Waals surface area contributed by atoms with Crippen LogP contribution in [0.2, 0.25) is 0 Å². The molecule has 0 amide bonds. The summed E-state index contributed by atoms with van der Waals surface area (Å²) in [6, 6.07) is 14.7. The van der Waals surface area contributed by atoms with Crippen molar-refractivity contribution < 1.29 is 14.9 Å².